The Labute approximate surface area is 121 Å². The van der Waals surface area contributed by atoms with E-state index in [9.17, 15) is 9.18 Å². The van der Waals surface area contributed by atoms with Crippen molar-refractivity contribution in [1.29, 1.82) is 0 Å². The Balaban J connectivity index is 2.65. The van der Waals surface area contributed by atoms with E-state index in [0.717, 1.165) is 4.57 Å². The van der Waals surface area contributed by atoms with Gasteiger partial charge < -0.3 is 0 Å². The van der Waals surface area contributed by atoms with Crippen LogP contribution in [0.3, 0.4) is 0 Å². The largest absolute Gasteiger partial charge is 0.276 e. The molecular weight excluding hydrogens is 279 g/mol. The van der Waals surface area contributed by atoms with Crippen LogP contribution < -0.4 is 5.56 Å². The number of halogens is 1. The van der Waals surface area contributed by atoms with Gasteiger partial charge in [0.15, 0.2) is 5.16 Å². The smallest absolute Gasteiger partial charge is 0.262 e. The lowest BCUT2D eigenvalue weighted by molar-refractivity contribution is 0.626. The van der Waals surface area contributed by atoms with Crippen LogP contribution in [0.15, 0.2) is 28.2 Å². The van der Waals surface area contributed by atoms with Gasteiger partial charge in [-0.05, 0) is 24.8 Å². The summed E-state index contributed by atoms with van der Waals surface area (Å²) in [6.07, 6.45) is 1.83. The predicted molar refractivity (Wildman–Crippen MR) is 76.8 cm³/mol. The van der Waals surface area contributed by atoms with Crippen LogP contribution in [0.4, 0.5) is 4.39 Å². The minimum absolute atomic E-state index is 0.00111. The van der Waals surface area contributed by atoms with Gasteiger partial charge in [0, 0.05) is 9.24 Å². The highest BCUT2D eigenvalue weighted by Crippen LogP contribution is 2.21. The third kappa shape index (κ3) is 1.73. The van der Waals surface area contributed by atoms with Gasteiger partial charge in [-0.2, -0.15) is 0 Å². The number of aryl methyl sites for hydroxylation is 1. The molecule has 0 atom stereocenters. The first-order valence-electron chi connectivity index (χ1n) is 7.05. The van der Waals surface area contributed by atoms with Crippen molar-refractivity contribution < 1.29 is 7.13 Å². The van der Waals surface area contributed by atoms with Crippen molar-refractivity contribution >= 4 is 28.4 Å². The van der Waals surface area contributed by atoms with E-state index in [2.05, 4.69) is 10.2 Å². The van der Waals surface area contributed by atoms with E-state index < -0.39 is 17.9 Å². The fraction of sp³-hybridized carbons (Fsp3) is 0.308. The molecule has 1 aromatic carbocycles. The highest BCUT2D eigenvalue weighted by Gasteiger charge is 2.17. The Morgan fingerprint density at radius 1 is 1.45 bits per heavy atom. The molecule has 3 rings (SSSR count). The minimum atomic E-state index is -1.94. The quantitative estimate of drug-likeness (QED) is 0.696. The maximum atomic E-state index is 14.3. The zero-order valence-electron chi connectivity index (χ0n) is 12.9. The van der Waals surface area contributed by atoms with Gasteiger partial charge in [-0.3, -0.25) is 13.8 Å². The summed E-state index contributed by atoms with van der Waals surface area (Å²) >= 11 is 1.25. The number of rotatable bonds is 3. The van der Waals surface area contributed by atoms with E-state index in [1.54, 1.807) is 13.2 Å². The van der Waals surface area contributed by atoms with E-state index in [1.165, 1.54) is 34.4 Å². The number of aromatic nitrogens is 4. The average molecular weight is 294 g/mol. The number of hydrogen-bond donors (Lipinski definition) is 0. The number of thioether (sulfide) groups is 1. The molecule has 0 spiro atoms. The summed E-state index contributed by atoms with van der Waals surface area (Å²) in [6, 6.07) is 4.16. The molecule has 2 heterocycles. The topological polar surface area (TPSA) is 52.2 Å². The van der Waals surface area contributed by atoms with Gasteiger partial charge in [0.05, 0.1) is 10.9 Å². The van der Waals surface area contributed by atoms with Crippen molar-refractivity contribution in [1.82, 2.24) is 19.2 Å². The zero-order chi connectivity index (χ0) is 16.1. The summed E-state index contributed by atoms with van der Waals surface area (Å²) in [6.45, 7) is -0.313. The van der Waals surface area contributed by atoms with E-state index in [4.69, 9.17) is 2.74 Å². The third-order valence-corrected chi connectivity index (χ3v) is 3.59. The standard InChI is InChI=1S/C13H13FN4OS/c1-3-7-17-11(19)8-5-4-6-9(14)10(8)18-12(17)15-16-13(18)20-2/h4-6H,3,7H2,1-2H3/i7D2. The molecule has 0 amide bonds. The lowest BCUT2D eigenvalue weighted by atomic mass is 10.2. The van der Waals surface area contributed by atoms with Gasteiger partial charge in [-0.1, -0.05) is 24.8 Å². The monoisotopic (exact) mass is 294 g/mol. The first-order chi connectivity index (χ1) is 10.4. The van der Waals surface area contributed by atoms with E-state index >= 15 is 0 Å². The first-order valence-corrected chi connectivity index (χ1v) is 7.27. The van der Waals surface area contributed by atoms with Crippen LogP contribution in [0, 0.1) is 5.82 Å². The Hall–Kier alpha value is -1.89. The summed E-state index contributed by atoms with van der Waals surface area (Å²) < 4.78 is 32.8. The van der Waals surface area contributed by atoms with Crippen LogP contribution in [0.25, 0.3) is 16.7 Å². The Morgan fingerprint density at radius 2 is 2.25 bits per heavy atom. The second-order valence-electron chi connectivity index (χ2n) is 4.11. The molecule has 7 heteroatoms. The molecule has 0 aliphatic heterocycles. The molecule has 2 aromatic heterocycles. The van der Waals surface area contributed by atoms with E-state index in [0.29, 0.717) is 5.16 Å². The first kappa shape index (κ1) is 10.8. The second-order valence-corrected chi connectivity index (χ2v) is 4.88. The lowest BCUT2D eigenvalue weighted by Crippen LogP contribution is -2.23. The van der Waals surface area contributed by atoms with E-state index in [1.807, 2.05) is 0 Å². The second kappa shape index (κ2) is 4.90. The molecular formula is C13H13FN4OS. The molecule has 0 bridgehead atoms. The average Bonchev–Trinajstić information content (AvgIpc) is 2.90. The number of benzene rings is 1. The van der Waals surface area contributed by atoms with Crippen molar-refractivity contribution in [2.24, 2.45) is 0 Å². The molecule has 0 aliphatic rings. The normalized spacial score (nSPS) is 13.8. The fourth-order valence-corrected chi connectivity index (χ4v) is 2.64. The highest BCUT2D eigenvalue weighted by molar-refractivity contribution is 7.98. The van der Waals surface area contributed by atoms with Crippen LogP contribution >= 0.6 is 11.8 Å². The number of para-hydroxylation sites is 1. The molecule has 5 nitrogen and oxygen atoms in total. The van der Waals surface area contributed by atoms with Gasteiger partial charge >= 0.3 is 0 Å². The van der Waals surface area contributed by atoms with Gasteiger partial charge in [0.2, 0.25) is 5.78 Å². The molecule has 0 unspecified atom stereocenters. The van der Waals surface area contributed by atoms with Crippen LogP contribution in [0.1, 0.15) is 16.1 Å². The zero-order valence-corrected chi connectivity index (χ0v) is 11.7. The minimum Gasteiger partial charge on any atom is -0.276 e. The molecule has 0 N–H and O–H groups in total. The number of nitrogens with zero attached hydrogens (tertiary/aromatic N) is 4. The summed E-state index contributed by atoms with van der Waals surface area (Å²) in [5, 5.41) is 8.33. The van der Waals surface area contributed by atoms with Gasteiger partial charge in [-0.15, -0.1) is 10.2 Å². The Kier molecular flexibility index (Phi) is 2.66. The Morgan fingerprint density at radius 3 is 2.95 bits per heavy atom. The van der Waals surface area contributed by atoms with Crippen molar-refractivity contribution in [2.75, 3.05) is 6.26 Å². The summed E-state index contributed by atoms with van der Waals surface area (Å²) in [5.74, 6) is -0.572. The highest BCUT2D eigenvalue weighted by atomic mass is 32.2. The van der Waals surface area contributed by atoms with Crippen LogP contribution in [0.2, 0.25) is 0 Å². The molecule has 20 heavy (non-hydrogen) atoms. The van der Waals surface area contributed by atoms with Crippen LogP contribution in [-0.4, -0.2) is 25.4 Å². The van der Waals surface area contributed by atoms with Gasteiger partial charge in [-0.25, -0.2) is 4.39 Å². The van der Waals surface area contributed by atoms with Crippen molar-refractivity contribution in [3.63, 3.8) is 0 Å². The fourth-order valence-electron chi connectivity index (χ4n) is 2.16. The molecule has 0 fully saturated rings. The van der Waals surface area contributed by atoms with Crippen molar-refractivity contribution in [3.05, 3.63) is 34.4 Å². The summed E-state index contributed by atoms with van der Waals surface area (Å²) in [7, 11) is 0. The summed E-state index contributed by atoms with van der Waals surface area (Å²) in [5.41, 5.74) is -0.547. The van der Waals surface area contributed by atoms with E-state index in [-0.39, 0.29) is 23.1 Å². The molecule has 0 saturated heterocycles. The molecule has 0 radical (unpaired) electrons. The maximum absolute atomic E-state index is 14.3. The maximum Gasteiger partial charge on any atom is 0.262 e. The number of fused-ring (bicyclic) bond motifs is 3. The van der Waals surface area contributed by atoms with Crippen molar-refractivity contribution in [3.8, 4) is 0 Å². The van der Waals surface area contributed by atoms with Crippen LogP contribution in [-0.2, 0) is 6.50 Å². The molecule has 104 valence electrons. The number of hydrogen-bond acceptors (Lipinski definition) is 4. The van der Waals surface area contributed by atoms with Gasteiger partial charge in [0.25, 0.3) is 5.56 Å². The SMILES string of the molecule is [2H]C([2H])(CC)n1c(=O)c2cccc(F)c2n2c(SC)nnc12. The molecule has 0 saturated carbocycles. The van der Waals surface area contributed by atoms with Crippen LogP contribution in [0.5, 0.6) is 0 Å². The molecule has 0 aliphatic carbocycles. The van der Waals surface area contributed by atoms with Crippen molar-refractivity contribution in [2.45, 2.75) is 25.0 Å². The van der Waals surface area contributed by atoms with Gasteiger partial charge in [0.1, 0.15) is 5.82 Å². The predicted octanol–water partition coefficient (Wildman–Crippen LogP) is 2.32. The third-order valence-electron chi connectivity index (χ3n) is 2.96. The Bertz CT molecular complexity index is 937. The molecule has 3 aromatic rings. The summed E-state index contributed by atoms with van der Waals surface area (Å²) in [4.78, 5) is 12.7. The lowest BCUT2D eigenvalue weighted by Gasteiger charge is -2.10.